The van der Waals surface area contributed by atoms with Gasteiger partial charge in [0, 0.05) is 12.0 Å². The number of nitrogens with one attached hydrogen (secondary N) is 1. The molecular formula is C14H15NO5. The van der Waals surface area contributed by atoms with E-state index in [1.165, 1.54) is 0 Å². The monoisotopic (exact) mass is 277 g/mol. The van der Waals surface area contributed by atoms with Crippen molar-refractivity contribution in [2.24, 2.45) is 0 Å². The molecule has 1 aromatic carbocycles. The lowest BCUT2D eigenvalue weighted by atomic mass is 10.1. The predicted molar refractivity (Wildman–Crippen MR) is 72.3 cm³/mol. The molecular weight excluding hydrogens is 262 g/mol. The summed E-state index contributed by atoms with van der Waals surface area (Å²) in [4.78, 5) is 33.3. The van der Waals surface area contributed by atoms with Gasteiger partial charge in [-0.2, -0.15) is 0 Å². The fourth-order valence-corrected chi connectivity index (χ4v) is 1.54. The minimum absolute atomic E-state index is 0.166. The maximum Gasteiger partial charge on any atom is 0.326 e. The molecule has 0 saturated heterocycles. The van der Waals surface area contributed by atoms with Crippen LogP contribution in [0.25, 0.3) is 6.08 Å². The first kappa shape index (κ1) is 15.4. The Hall–Kier alpha value is -2.63. The van der Waals surface area contributed by atoms with Crippen LogP contribution in [0.3, 0.4) is 0 Å². The van der Waals surface area contributed by atoms with Crippen molar-refractivity contribution in [1.29, 1.82) is 0 Å². The Balaban J connectivity index is 2.71. The van der Waals surface area contributed by atoms with E-state index in [1.807, 2.05) is 0 Å². The van der Waals surface area contributed by atoms with E-state index in [0.717, 1.165) is 5.56 Å². The predicted octanol–water partition coefficient (Wildman–Crippen LogP) is 1.38. The SMILES string of the molecule is C=Cc1ccc(C(=O)N[C@@H](CCC(=O)O)C(=O)O)cc1. The zero-order valence-electron chi connectivity index (χ0n) is 10.7. The molecule has 6 heteroatoms. The summed E-state index contributed by atoms with van der Waals surface area (Å²) >= 11 is 0. The molecule has 0 fully saturated rings. The molecule has 0 unspecified atom stereocenters. The van der Waals surface area contributed by atoms with E-state index in [4.69, 9.17) is 10.2 Å². The van der Waals surface area contributed by atoms with Crippen molar-refractivity contribution < 1.29 is 24.6 Å². The van der Waals surface area contributed by atoms with E-state index in [0.29, 0.717) is 5.56 Å². The number of rotatable bonds is 7. The molecule has 3 N–H and O–H groups in total. The third-order valence-corrected chi connectivity index (χ3v) is 2.66. The average Bonchev–Trinajstić information content (AvgIpc) is 2.42. The zero-order valence-corrected chi connectivity index (χ0v) is 10.7. The molecule has 0 bridgehead atoms. The van der Waals surface area contributed by atoms with Crippen molar-refractivity contribution in [3.63, 3.8) is 0 Å². The number of hydrogen-bond acceptors (Lipinski definition) is 3. The van der Waals surface area contributed by atoms with Crippen LogP contribution >= 0.6 is 0 Å². The Labute approximate surface area is 115 Å². The quantitative estimate of drug-likeness (QED) is 0.698. The first-order chi connectivity index (χ1) is 9.43. The highest BCUT2D eigenvalue weighted by Gasteiger charge is 2.21. The van der Waals surface area contributed by atoms with Gasteiger partial charge in [-0.25, -0.2) is 4.79 Å². The highest BCUT2D eigenvalue weighted by Crippen LogP contribution is 2.07. The number of carbonyl (C=O) groups excluding carboxylic acids is 1. The van der Waals surface area contributed by atoms with E-state index in [-0.39, 0.29) is 12.8 Å². The summed E-state index contributed by atoms with van der Waals surface area (Å²) in [5, 5.41) is 19.8. The zero-order chi connectivity index (χ0) is 15.1. The lowest BCUT2D eigenvalue weighted by Gasteiger charge is -2.13. The first-order valence-corrected chi connectivity index (χ1v) is 5.92. The third-order valence-electron chi connectivity index (χ3n) is 2.66. The van der Waals surface area contributed by atoms with Crippen LogP contribution in [0.2, 0.25) is 0 Å². The molecule has 20 heavy (non-hydrogen) atoms. The van der Waals surface area contributed by atoms with Gasteiger partial charge in [0.1, 0.15) is 6.04 Å². The molecule has 0 spiro atoms. The minimum atomic E-state index is -1.26. The summed E-state index contributed by atoms with van der Waals surface area (Å²) in [5.41, 5.74) is 1.14. The van der Waals surface area contributed by atoms with Crippen LogP contribution in [-0.2, 0) is 9.59 Å². The Morgan fingerprint density at radius 2 is 1.80 bits per heavy atom. The van der Waals surface area contributed by atoms with Crippen molar-refractivity contribution in [2.45, 2.75) is 18.9 Å². The summed E-state index contributed by atoms with van der Waals surface area (Å²) in [6, 6.07) is 5.21. The van der Waals surface area contributed by atoms with Gasteiger partial charge >= 0.3 is 11.9 Å². The van der Waals surface area contributed by atoms with E-state index in [1.54, 1.807) is 30.3 Å². The lowest BCUT2D eigenvalue weighted by Crippen LogP contribution is -2.41. The second-order valence-electron chi connectivity index (χ2n) is 4.12. The summed E-state index contributed by atoms with van der Waals surface area (Å²) in [6.07, 6.45) is 1.13. The molecule has 1 rings (SSSR count). The van der Waals surface area contributed by atoms with Gasteiger partial charge in [0.25, 0.3) is 5.91 Å². The van der Waals surface area contributed by atoms with Crippen molar-refractivity contribution in [3.05, 3.63) is 42.0 Å². The van der Waals surface area contributed by atoms with Crippen LogP contribution in [0.15, 0.2) is 30.8 Å². The first-order valence-electron chi connectivity index (χ1n) is 5.92. The minimum Gasteiger partial charge on any atom is -0.481 e. The largest absolute Gasteiger partial charge is 0.481 e. The van der Waals surface area contributed by atoms with Crippen LogP contribution in [0.5, 0.6) is 0 Å². The van der Waals surface area contributed by atoms with E-state index in [2.05, 4.69) is 11.9 Å². The molecule has 0 aliphatic heterocycles. The molecule has 0 aliphatic carbocycles. The van der Waals surface area contributed by atoms with Crippen molar-refractivity contribution in [3.8, 4) is 0 Å². The highest BCUT2D eigenvalue weighted by atomic mass is 16.4. The maximum atomic E-state index is 11.9. The van der Waals surface area contributed by atoms with Gasteiger partial charge in [-0.05, 0) is 24.1 Å². The fourth-order valence-electron chi connectivity index (χ4n) is 1.54. The van der Waals surface area contributed by atoms with Gasteiger partial charge in [-0.1, -0.05) is 24.8 Å². The van der Waals surface area contributed by atoms with E-state index >= 15 is 0 Å². The Bertz CT molecular complexity index is 521. The number of carbonyl (C=O) groups is 3. The number of benzene rings is 1. The summed E-state index contributed by atoms with van der Waals surface area (Å²) in [6.45, 7) is 3.58. The molecule has 106 valence electrons. The van der Waals surface area contributed by atoms with Crippen LogP contribution < -0.4 is 5.32 Å². The van der Waals surface area contributed by atoms with Gasteiger partial charge in [0.15, 0.2) is 0 Å². The summed E-state index contributed by atoms with van der Waals surface area (Å²) < 4.78 is 0. The molecule has 0 saturated carbocycles. The maximum absolute atomic E-state index is 11.9. The summed E-state index contributed by atoms with van der Waals surface area (Å²) in [7, 11) is 0. The molecule has 0 heterocycles. The van der Waals surface area contributed by atoms with Gasteiger partial charge in [-0.15, -0.1) is 0 Å². The normalized spacial score (nSPS) is 11.4. The topological polar surface area (TPSA) is 104 Å². The molecule has 0 aliphatic rings. The molecule has 1 amide bonds. The Morgan fingerprint density at radius 3 is 2.25 bits per heavy atom. The molecule has 6 nitrogen and oxygen atoms in total. The number of amides is 1. The molecule has 1 atom stereocenters. The second kappa shape index (κ2) is 7.08. The molecule has 0 radical (unpaired) electrons. The van der Waals surface area contributed by atoms with Crippen LogP contribution in [0, 0.1) is 0 Å². The summed E-state index contributed by atoms with van der Waals surface area (Å²) in [5.74, 6) is -2.93. The average molecular weight is 277 g/mol. The fraction of sp³-hybridized carbons (Fsp3) is 0.214. The molecule has 1 aromatic rings. The second-order valence-corrected chi connectivity index (χ2v) is 4.12. The van der Waals surface area contributed by atoms with Gasteiger partial charge in [-0.3, -0.25) is 9.59 Å². The van der Waals surface area contributed by atoms with E-state index in [9.17, 15) is 14.4 Å². The lowest BCUT2D eigenvalue weighted by molar-refractivity contribution is -0.140. The van der Waals surface area contributed by atoms with Crippen molar-refractivity contribution in [1.82, 2.24) is 5.32 Å². The number of carboxylic acid groups (broad SMARTS) is 2. The Kier molecular flexibility index (Phi) is 5.46. The molecule has 0 aromatic heterocycles. The van der Waals surface area contributed by atoms with Gasteiger partial charge in [0.05, 0.1) is 0 Å². The number of carboxylic acids is 2. The highest BCUT2D eigenvalue weighted by molar-refractivity contribution is 5.96. The van der Waals surface area contributed by atoms with Crippen molar-refractivity contribution >= 4 is 23.9 Å². The van der Waals surface area contributed by atoms with E-state index < -0.39 is 23.9 Å². The van der Waals surface area contributed by atoms with Crippen LogP contribution in [0.1, 0.15) is 28.8 Å². The van der Waals surface area contributed by atoms with Crippen LogP contribution in [-0.4, -0.2) is 34.1 Å². The van der Waals surface area contributed by atoms with Crippen LogP contribution in [0.4, 0.5) is 0 Å². The smallest absolute Gasteiger partial charge is 0.326 e. The van der Waals surface area contributed by atoms with Gasteiger partial charge < -0.3 is 15.5 Å². The standard InChI is InChI=1S/C14H15NO5/c1-2-9-3-5-10(6-4-9)13(18)15-11(14(19)20)7-8-12(16)17/h2-6,11H,1,7-8H2,(H,15,18)(H,16,17)(H,19,20)/t11-/m0/s1. The number of aliphatic carboxylic acids is 2. The van der Waals surface area contributed by atoms with Crippen molar-refractivity contribution in [2.75, 3.05) is 0 Å². The third kappa shape index (κ3) is 4.56. The Morgan fingerprint density at radius 1 is 1.20 bits per heavy atom. The number of hydrogen-bond donors (Lipinski definition) is 3. The van der Waals surface area contributed by atoms with Gasteiger partial charge in [0.2, 0.25) is 0 Å².